The molecule has 0 heterocycles. The number of hydrogen-bond acceptors (Lipinski definition) is 2. The van der Waals surface area contributed by atoms with Crippen LogP contribution in [0.1, 0.15) is 102 Å². The first-order valence-electron chi connectivity index (χ1n) is 12.5. The Kier molecular flexibility index (Phi) is 8.86. The van der Waals surface area contributed by atoms with Gasteiger partial charge in [0.2, 0.25) is 0 Å². The number of rotatable bonds is 8. The highest BCUT2D eigenvalue weighted by Gasteiger charge is 2.35. The molecule has 0 bridgehead atoms. The van der Waals surface area contributed by atoms with Crippen LogP contribution in [-0.4, -0.2) is 24.1 Å². The lowest BCUT2D eigenvalue weighted by Gasteiger charge is -2.36. The average Bonchev–Trinajstić information content (AvgIpc) is 2.67. The summed E-state index contributed by atoms with van der Waals surface area (Å²) >= 11 is 0. The number of aromatic hydroxyl groups is 1. The van der Waals surface area contributed by atoms with Gasteiger partial charge in [-0.25, -0.2) is 0 Å². The summed E-state index contributed by atoms with van der Waals surface area (Å²) < 4.78 is 0. The van der Waals surface area contributed by atoms with Crippen molar-refractivity contribution in [3.05, 3.63) is 58.1 Å². The number of aryl methyl sites for hydroxylation is 1. The molecule has 2 unspecified atom stereocenters. The predicted molar refractivity (Wildman–Crippen MR) is 149 cm³/mol. The molecule has 0 aromatic heterocycles. The molecule has 2 rings (SSSR count). The Bertz CT molecular complexity index is 949. The van der Waals surface area contributed by atoms with Crippen LogP contribution in [0, 0.1) is 6.92 Å². The molecule has 0 amide bonds. The van der Waals surface area contributed by atoms with Crippen LogP contribution in [0.25, 0.3) is 0 Å². The summed E-state index contributed by atoms with van der Waals surface area (Å²) in [5.41, 5.74) is 6.18. The first-order valence-corrected chi connectivity index (χ1v) is 13.5. The summed E-state index contributed by atoms with van der Waals surface area (Å²) in [7, 11) is 4.88. The first-order chi connectivity index (χ1) is 15.1. The third-order valence-electron chi connectivity index (χ3n) is 6.66. The smallest absolute Gasteiger partial charge is 0.123 e. The number of phenols is 1. The van der Waals surface area contributed by atoms with Crippen molar-refractivity contribution in [2.24, 2.45) is 0 Å². The topological polar surface area (TPSA) is 23.5 Å². The molecule has 0 radical (unpaired) electrons. The van der Waals surface area contributed by atoms with Crippen LogP contribution in [0.15, 0.2) is 30.3 Å². The van der Waals surface area contributed by atoms with Gasteiger partial charge < -0.3 is 10.0 Å². The van der Waals surface area contributed by atoms with E-state index in [0.717, 1.165) is 36.9 Å². The lowest BCUT2D eigenvalue weighted by molar-refractivity contribution is 0.403. The number of phenolic OH excluding ortho intramolecular Hbond substituents is 1. The zero-order valence-electron chi connectivity index (χ0n) is 23.1. The molecule has 2 nitrogen and oxygen atoms in total. The van der Waals surface area contributed by atoms with E-state index in [4.69, 9.17) is 0 Å². The standard InChI is InChI=1S/C30H48NOP/c1-12-13-17-30(9,33-27-21(2)15-14-16-22(27)20-31(10)11)25-19-23(28(3,4)5)18-24(26(25)32)29(6,7)8/h14-16,18-19,32-33H,12-13,17,20H2,1-11H3. The van der Waals surface area contributed by atoms with Gasteiger partial charge in [-0.05, 0) is 65.8 Å². The Labute approximate surface area is 206 Å². The second-order valence-electron chi connectivity index (χ2n) is 12.3. The maximum Gasteiger partial charge on any atom is 0.123 e. The van der Waals surface area contributed by atoms with E-state index in [0.29, 0.717) is 14.3 Å². The molecule has 184 valence electrons. The van der Waals surface area contributed by atoms with Crippen LogP contribution in [0.3, 0.4) is 0 Å². The van der Waals surface area contributed by atoms with Crippen molar-refractivity contribution in [2.45, 2.75) is 104 Å². The average molecular weight is 470 g/mol. The summed E-state index contributed by atoms with van der Waals surface area (Å²) in [5.74, 6) is 0.504. The van der Waals surface area contributed by atoms with E-state index in [1.165, 1.54) is 22.0 Å². The highest BCUT2D eigenvalue weighted by atomic mass is 31.1. The van der Waals surface area contributed by atoms with Crippen LogP contribution in [-0.2, 0) is 22.5 Å². The van der Waals surface area contributed by atoms with Crippen molar-refractivity contribution in [1.82, 2.24) is 4.90 Å². The minimum atomic E-state index is -0.117. The van der Waals surface area contributed by atoms with Crippen LogP contribution in [0.5, 0.6) is 5.75 Å². The minimum Gasteiger partial charge on any atom is -0.507 e. The first kappa shape index (κ1) is 27.9. The minimum absolute atomic E-state index is 0.0238. The van der Waals surface area contributed by atoms with E-state index in [-0.39, 0.29) is 16.0 Å². The Morgan fingerprint density at radius 1 is 0.909 bits per heavy atom. The quantitative estimate of drug-likeness (QED) is 0.399. The third-order valence-corrected chi connectivity index (χ3v) is 8.69. The molecule has 0 aliphatic rings. The number of hydrogen-bond donors (Lipinski definition) is 1. The van der Waals surface area contributed by atoms with Crippen molar-refractivity contribution < 1.29 is 5.11 Å². The van der Waals surface area contributed by atoms with Crippen molar-refractivity contribution >= 4 is 13.9 Å². The molecule has 2 atom stereocenters. The van der Waals surface area contributed by atoms with Gasteiger partial charge in [0.15, 0.2) is 0 Å². The Morgan fingerprint density at radius 2 is 1.52 bits per heavy atom. The second kappa shape index (κ2) is 10.5. The van der Waals surface area contributed by atoms with Crippen LogP contribution in [0.4, 0.5) is 0 Å². The fourth-order valence-corrected chi connectivity index (χ4v) is 6.29. The van der Waals surface area contributed by atoms with Gasteiger partial charge in [0, 0.05) is 17.3 Å². The molecule has 2 aromatic rings. The van der Waals surface area contributed by atoms with Gasteiger partial charge in [-0.15, -0.1) is 0 Å². The molecular weight excluding hydrogens is 421 g/mol. The summed E-state index contributed by atoms with van der Waals surface area (Å²) in [4.78, 5) is 2.25. The Morgan fingerprint density at radius 3 is 2.03 bits per heavy atom. The van der Waals surface area contributed by atoms with E-state index < -0.39 is 0 Å². The fraction of sp³-hybridized carbons (Fsp3) is 0.600. The lowest BCUT2D eigenvalue weighted by Crippen LogP contribution is -2.26. The summed E-state index contributed by atoms with van der Waals surface area (Å²) in [6, 6.07) is 11.3. The molecule has 1 N–H and O–H groups in total. The van der Waals surface area contributed by atoms with Crippen molar-refractivity contribution in [3.63, 3.8) is 0 Å². The molecule has 33 heavy (non-hydrogen) atoms. The van der Waals surface area contributed by atoms with Crippen molar-refractivity contribution in [2.75, 3.05) is 14.1 Å². The molecule has 0 spiro atoms. The molecule has 0 fully saturated rings. The largest absolute Gasteiger partial charge is 0.507 e. The van der Waals surface area contributed by atoms with Crippen molar-refractivity contribution in [3.8, 4) is 5.75 Å². The summed E-state index contributed by atoms with van der Waals surface area (Å²) in [5, 5.41) is 13.1. The van der Waals surface area contributed by atoms with Gasteiger partial charge in [0.1, 0.15) is 5.75 Å². The van der Waals surface area contributed by atoms with Gasteiger partial charge in [0.25, 0.3) is 0 Å². The maximum atomic E-state index is 11.7. The predicted octanol–water partition coefficient (Wildman–Crippen LogP) is 7.77. The molecule has 3 heteroatoms. The van der Waals surface area contributed by atoms with Crippen LogP contribution in [0.2, 0.25) is 0 Å². The van der Waals surface area contributed by atoms with E-state index in [2.05, 4.69) is 112 Å². The third kappa shape index (κ3) is 6.83. The van der Waals surface area contributed by atoms with Gasteiger partial charge in [-0.1, -0.05) is 107 Å². The van der Waals surface area contributed by atoms with Gasteiger partial charge >= 0.3 is 0 Å². The zero-order chi connectivity index (χ0) is 25.2. The Hall–Kier alpha value is -1.37. The zero-order valence-corrected chi connectivity index (χ0v) is 24.1. The van der Waals surface area contributed by atoms with Gasteiger partial charge in [0.05, 0.1) is 0 Å². The monoisotopic (exact) mass is 469 g/mol. The summed E-state index contributed by atoms with van der Waals surface area (Å²) in [6.45, 7) is 21.3. The number of benzene rings is 2. The molecule has 2 aromatic carbocycles. The highest BCUT2D eigenvalue weighted by Crippen LogP contribution is 2.52. The van der Waals surface area contributed by atoms with E-state index in [1.807, 2.05) is 0 Å². The molecular formula is C30H48NOP. The van der Waals surface area contributed by atoms with Gasteiger partial charge in [-0.2, -0.15) is 0 Å². The Balaban J connectivity index is 2.78. The molecule has 0 saturated carbocycles. The van der Waals surface area contributed by atoms with E-state index >= 15 is 0 Å². The van der Waals surface area contributed by atoms with E-state index in [9.17, 15) is 5.11 Å². The molecule has 0 aliphatic heterocycles. The second-order valence-corrected chi connectivity index (χ2v) is 14.2. The normalized spacial score (nSPS) is 14.9. The lowest BCUT2D eigenvalue weighted by atomic mass is 9.77. The van der Waals surface area contributed by atoms with Crippen LogP contribution >= 0.6 is 8.58 Å². The van der Waals surface area contributed by atoms with Crippen LogP contribution < -0.4 is 5.30 Å². The fourth-order valence-electron chi connectivity index (χ4n) is 4.51. The maximum absolute atomic E-state index is 11.7. The summed E-state index contributed by atoms with van der Waals surface area (Å²) in [6.07, 6.45) is 3.38. The van der Waals surface area contributed by atoms with E-state index in [1.54, 1.807) is 0 Å². The molecule has 0 aliphatic carbocycles. The number of nitrogens with zero attached hydrogens (tertiary/aromatic N) is 1. The number of unbranched alkanes of at least 4 members (excludes halogenated alkanes) is 1. The highest BCUT2D eigenvalue weighted by molar-refractivity contribution is 7.48. The SMILES string of the molecule is CCCCC(C)(Pc1c(C)cccc1CN(C)C)c1cc(C(C)(C)C)cc(C(C)(C)C)c1O. The van der Waals surface area contributed by atoms with Gasteiger partial charge in [-0.3, -0.25) is 0 Å². The van der Waals surface area contributed by atoms with Crippen molar-refractivity contribution in [1.29, 1.82) is 0 Å². The molecule has 0 saturated heterocycles.